The third-order valence-electron chi connectivity index (χ3n) is 7.42. The van der Waals surface area contributed by atoms with E-state index in [9.17, 15) is 19.2 Å². The van der Waals surface area contributed by atoms with Crippen LogP contribution in [0.1, 0.15) is 22.3 Å². The smallest absolute Gasteiger partial charge is 0.345 e. The topological polar surface area (TPSA) is 183 Å². The van der Waals surface area contributed by atoms with E-state index in [2.05, 4.69) is 40.8 Å². The van der Waals surface area contributed by atoms with Gasteiger partial charge < -0.3 is 40.3 Å². The van der Waals surface area contributed by atoms with Crippen LogP contribution < -0.4 is 41.7 Å². The third kappa shape index (κ3) is 10.3. The number of aromatic nitrogens is 4. The number of aryl methyl sites for hydroxylation is 2. The Balaban J connectivity index is 0.000000191. The second-order valence-electron chi connectivity index (χ2n) is 11.2. The van der Waals surface area contributed by atoms with Crippen molar-refractivity contribution in [2.24, 2.45) is 0 Å². The molecule has 258 valence electrons. The molecule has 0 fully saturated rings. The molecule has 0 atom stereocenters. The van der Waals surface area contributed by atoms with Crippen LogP contribution in [0.4, 0.5) is 11.4 Å². The number of H-pyrrole nitrogens is 2. The van der Waals surface area contributed by atoms with Crippen LogP contribution in [0.5, 0.6) is 11.5 Å². The summed E-state index contributed by atoms with van der Waals surface area (Å²) in [7, 11) is 2.03. The van der Waals surface area contributed by atoms with Crippen LogP contribution in [0.25, 0.3) is 0 Å². The van der Waals surface area contributed by atoms with Crippen molar-refractivity contribution >= 4 is 46.7 Å². The van der Waals surface area contributed by atoms with Crippen molar-refractivity contribution in [2.75, 3.05) is 55.1 Å². The monoisotopic (exact) mass is 706 g/mol. The van der Waals surface area contributed by atoms with Crippen LogP contribution >= 0.6 is 23.5 Å². The molecule has 14 nitrogen and oxygen atoms in total. The maximum Gasteiger partial charge on any atom is 0.345 e. The summed E-state index contributed by atoms with van der Waals surface area (Å²) in [5.41, 5.74) is 4.87. The lowest BCUT2D eigenvalue weighted by Crippen LogP contribution is -2.29. The fourth-order valence-corrected chi connectivity index (χ4v) is 6.40. The second-order valence-corrected chi connectivity index (χ2v) is 13.2. The molecular formula is C33H38N8O6S2. The molecular weight excluding hydrogens is 669 g/mol. The Kier molecular flexibility index (Phi) is 12.2. The van der Waals surface area contributed by atoms with Crippen molar-refractivity contribution in [1.29, 1.82) is 0 Å². The fraction of sp³-hybridized carbons (Fsp3) is 0.333. The first-order chi connectivity index (χ1) is 23.6. The quantitative estimate of drug-likeness (QED) is 0.120. The molecule has 0 unspecified atom stereocenters. The number of hydrogen-bond donors (Lipinski definition) is 5. The van der Waals surface area contributed by atoms with Gasteiger partial charge in [-0.25, -0.2) is 19.6 Å². The highest BCUT2D eigenvalue weighted by atomic mass is 32.2. The number of thioether (sulfide) groups is 2. The van der Waals surface area contributed by atoms with Gasteiger partial charge in [-0.2, -0.15) is 0 Å². The summed E-state index contributed by atoms with van der Waals surface area (Å²) in [5, 5.41) is 10.4. The lowest BCUT2D eigenvalue weighted by atomic mass is 10.1. The van der Waals surface area contributed by atoms with Crippen LogP contribution in [0.3, 0.4) is 0 Å². The van der Waals surface area contributed by atoms with Crippen molar-refractivity contribution in [3.8, 4) is 11.5 Å². The normalized spacial score (nSPS) is 12.9. The van der Waals surface area contributed by atoms with Crippen LogP contribution in [0, 0.1) is 13.8 Å². The van der Waals surface area contributed by atoms with Crippen LogP contribution in [-0.4, -0.2) is 76.6 Å². The fourth-order valence-electron chi connectivity index (χ4n) is 4.77. The lowest BCUT2D eigenvalue weighted by molar-refractivity contribution is -0.119. The van der Waals surface area contributed by atoms with Crippen molar-refractivity contribution in [3.63, 3.8) is 0 Å². The van der Waals surface area contributed by atoms with Gasteiger partial charge in [0.1, 0.15) is 24.7 Å². The number of fused-ring (bicyclic) bond motifs is 2. The Labute approximate surface area is 291 Å². The molecule has 4 heterocycles. The number of aromatic amines is 2. The number of likely N-dealkylation sites (N-methyl/N-ethyl adjacent to an activating group) is 1. The molecule has 2 aromatic heterocycles. The molecule has 0 bridgehead atoms. The zero-order valence-corrected chi connectivity index (χ0v) is 29.0. The maximum atomic E-state index is 12.1. The van der Waals surface area contributed by atoms with Gasteiger partial charge in [0.05, 0.1) is 39.5 Å². The SMILES string of the molecule is Cc1cnc(=O)[nH]c1SCC(=O)NCc1ccc2c(c1)N(C)CCO2.Cc1cnc(=O)[nH]c1SCC(=O)NCc1ccc2c(c1)NCCO2. The number of benzene rings is 2. The molecule has 2 aromatic carbocycles. The highest BCUT2D eigenvalue weighted by Gasteiger charge is 2.16. The number of anilines is 2. The van der Waals surface area contributed by atoms with E-state index < -0.39 is 11.4 Å². The third-order valence-corrected chi connectivity index (χ3v) is 9.66. The van der Waals surface area contributed by atoms with E-state index in [1.54, 1.807) is 0 Å². The molecule has 49 heavy (non-hydrogen) atoms. The zero-order valence-electron chi connectivity index (χ0n) is 27.4. The molecule has 2 aliphatic rings. The Morgan fingerprint density at radius 1 is 0.816 bits per heavy atom. The number of ether oxygens (including phenoxy) is 2. The summed E-state index contributed by atoms with van der Waals surface area (Å²) in [6.07, 6.45) is 3.01. The number of carbonyl (C=O) groups excluding carboxylic acids is 2. The number of nitrogens with one attached hydrogen (secondary N) is 5. The van der Waals surface area contributed by atoms with E-state index in [1.165, 1.54) is 35.9 Å². The van der Waals surface area contributed by atoms with Gasteiger partial charge in [-0.05, 0) is 60.4 Å². The lowest BCUT2D eigenvalue weighted by Gasteiger charge is -2.28. The minimum Gasteiger partial charge on any atom is -0.490 e. The standard InChI is InChI=1S/C17H20N4O3S.C16H18N4O3S/c1-11-8-19-17(23)20-16(11)25-10-15(22)18-9-12-3-4-14-13(7-12)21(2)5-6-24-14;1-10-7-19-16(22)20-15(10)24-9-14(21)18-8-11-2-3-13-12(6-11)17-4-5-23-13/h3-4,7-8H,5-6,9-10H2,1-2H3,(H,18,22)(H,19,20,23);2-3,6-7,17H,4-5,8-9H2,1H3,(H,18,21)(H,19,20,22). The van der Waals surface area contributed by atoms with Crippen LogP contribution in [-0.2, 0) is 22.7 Å². The van der Waals surface area contributed by atoms with E-state index in [4.69, 9.17) is 9.47 Å². The molecule has 6 rings (SSSR count). The maximum absolute atomic E-state index is 12.1. The summed E-state index contributed by atoms with van der Waals surface area (Å²) >= 11 is 2.58. The molecule has 0 saturated heterocycles. The van der Waals surface area contributed by atoms with E-state index in [1.807, 2.05) is 57.3 Å². The van der Waals surface area contributed by atoms with Crippen LogP contribution in [0.15, 0.2) is 68.4 Å². The average molecular weight is 707 g/mol. The molecule has 5 N–H and O–H groups in total. The van der Waals surface area contributed by atoms with Gasteiger partial charge in [0.25, 0.3) is 0 Å². The molecule has 0 spiro atoms. The second kappa shape index (κ2) is 16.9. The van der Waals surface area contributed by atoms with Crippen molar-refractivity contribution < 1.29 is 19.1 Å². The Morgan fingerprint density at radius 3 is 1.98 bits per heavy atom. The van der Waals surface area contributed by atoms with E-state index in [-0.39, 0.29) is 23.3 Å². The van der Waals surface area contributed by atoms with E-state index in [0.717, 1.165) is 58.2 Å². The van der Waals surface area contributed by atoms with Crippen molar-refractivity contribution in [3.05, 3.63) is 92.0 Å². The molecule has 4 aromatic rings. The number of amides is 2. The Morgan fingerprint density at radius 2 is 1.37 bits per heavy atom. The Bertz CT molecular complexity index is 1920. The Hall–Kier alpha value is -4.96. The summed E-state index contributed by atoms with van der Waals surface area (Å²) in [6, 6.07) is 11.7. The van der Waals surface area contributed by atoms with Gasteiger partial charge in [0.2, 0.25) is 11.8 Å². The minimum atomic E-state index is -0.410. The molecule has 0 radical (unpaired) electrons. The van der Waals surface area contributed by atoms with E-state index in [0.29, 0.717) is 36.4 Å². The summed E-state index contributed by atoms with van der Waals surface area (Å²) in [4.78, 5) is 61.2. The first kappa shape index (κ1) is 35.3. The van der Waals surface area contributed by atoms with Gasteiger partial charge in [-0.3, -0.25) is 9.59 Å². The van der Waals surface area contributed by atoms with Gasteiger partial charge in [0, 0.05) is 39.1 Å². The number of rotatable bonds is 10. The van der Waals surface area contributed by atoms with Gasteiger partial charge in [0.15, 0.2) is 0 Å². The molecule has 0 aliphatic carbocycles. The summed E-state index contributed by atoms with van der Waals surface area (Å²) in [5.74, 6) is 1.98. The zero-order chi connectivity index (χ0) is 34.8. The first-order valence-electron chi connectivity index (χ1n) is 15.5. The highest BCUT2D eigenvalue weighted by molar-refractivity contribution is 8.00. The van der Waals surface area contributed by atoms with Crippen molar-refractivity contribution in [1.82, 2.24) is 30.6 Å². The molecule has 2 amide bonds. The minimum absolute atomic E-state index is 0.0932. The van der Waals surface area contributed by atoms with Crippen molar-refractivity contribution in [2.45, 2.75) is 37.0 Å². The van der Waals surface area contributed by atoms with Gasteiger partial charge in [-0.15, -0.1) is 0 Å². The predicted octanol–water partition coefficient (Wildman–Crippen LogP) is 2.61. The first-order valence-corrected chi connectivity index (χ1v) is 17.5. The molecule has 16 heteroatoms. The largest absolute Gasteiger partial charge is 0.490 e. The number of nitrogens with zero attached hydrogens (tertiary/aromatic N) is 3. The van der Waals surface area contributed by atoms with Gasteiger partial charge >= 0.3 is 11.4 Å². The molecule has 2 aliphatic heterocycles. The summed E-state index contributed by atoms with van der Waals surface area (Å²) < 4.78 is 11.1. The molecule has 0 saturated carbocycles. The van der Waals surface area contributed by atoms with E-state index >= 15 is 0 Å². The van der Waals surface area contributed by atoms with Crippen LogP contribution in [0.2, 0.25) is 0 Å². The highest BCUT2D eigenvalue weighted by Crippen LogP contribution is 2.31. The van der Waals surface area contributed by atoms with Gasteiger partial charge in [-0.1, -0.05) is 35.7 Å². The number of hydrogen-bond acceptors (Lipinski definition) is 12. The average Bonchev–Trinajstić information content (AvgIpc) is 3.11. The predicted molar refractivity (Wildman–Crippen MR) is 190 cm³/mol. The number of carbonyl (C=O) groups is 2. The summed E-state index contributed by atoms with van der Waals surface area (Å²) in [6.45, 7) is 7.56.